The monoisotopic (exact) mass is 576 g/mol. The van der Waals surface area contributed by atoms with Crippen LogP contribution in [-0.4, -0.2) is 19.1 Å². The normalized spacial score (nSPS) is 12.0. The smallest absolute Gasteiger partial charge is 0.172 e. The maximum Gasteiger partial charge on any atom is 0.172 e. The van der Waals surface area contributed by atoms with Crippen LogP contribution in [-0.2, 0) is 0 Å². The SMILES string of the molecule is c1ccc(-n2c3ccccc3c3cc(-c4ccc5c(c4)c4ccccc4n5-c4cccc5c4oc4cncnc45)ccc32)cc1. The Morgan fingerprint density at radius 1 is 0.489 bits per heavy atom. The first kappa shape index (κ1) is 24.3. The Hall–Kier alpha value is -6.20. The van der Waals surface area contributed by atoms with E-state index < -0.39 is 0 Å². The lowest BCUT2D eigenvalue weighted by Gasteiger charge is -2.09. The van der Waals surface area contributed by atoms with Gasteiger partial charge in [-0.3, -0.25) is 0 Å². The molecule has 6 aromatic carbocycles. The largest absolute Gasteiger partial charge is 0.451 e. The quantitative estimate of drug-likeness (QED) is 0.210. The van der Waals surface area contributed by atoms with Crippen LogP contribution in [0.4, 0.5) is 0 Å². The molecule has 210 valence electrons. The lowest BCUT2D eigenvalue weighted by molar-refractivity contribution is 0.663. The first-order chi connectivity index (χ1) is 22.3. The Morgan fingerprint density at radius 3 is 1.82 bits per heavy atom. The zero-order valence-corrected chi connectivity index (χ0v) is 24.1. The third-order valence-electron chi connectivity index (χ3n) is 9.07. The van der Waals surface area contributed by atoms with Crippen LogP contribution in [0, 0.1) is 0 Å². The van der Waals surface area contributed by atoms with E-state index in [1.165, 1.54) is 43.7 Å². The van der Waals surface area contributed by atoms with Crippen molar-refractivity contribution in [2.24, 2.45) is 0 Å². The van der Waals surface area contributed by atoms with E-state index in [0.29, 0.717) is 5.58 Å². The minimum absolute atomic E-state index is 0.687. The first-order valence-corrected chi connectivity index (χ1v) is 15.1. The molecular formula is C40H24N4O. The van der Waals surface area contributed by atoms with Crippen molar-refractivity contribution < 1.29 is 4.42 Å². The van der Waals surface area contributed by atoms with Crippen LogP contribution >= 0.6 is 0 Å². The van der Waals surface area contributed by atoms with E-state index in [1.54, 1.807) is 12.5 Å². The predicted molar refractivity (Wildman–Crippen MR) is 183 cm³/mol. The summed E-state index contributed by atoms with van der Waals surface area (Å²) < 4.78 is 11.0. The molecule has 0 saturated carbocycles. The second kappa shape index (κ2) is 9.15. The van der Waals surface area contributed by atoms with Crippen LogP contribution < -0.4 is 0 Å². The van der Waals surface area contributed by atoms with Gasteiger partial charge in [0.05, 0.1) is 34.0 Å². The molecule has 0 aliphatic carbocycles. The summed E-state index contributed by atoms with van der Waals surface area (Å²) in [6, 6.07) is 47.8. The van der Waals surface area contributed by atoms with E-state index in [9.17, 15) is 0 Å². The van der Waals surface area contributed by atoms with Gasteiger partial charge in [-0.1, -0.05) is 72.8 Å². The molecular weight excluding hydrogens is 552 g/mol. The molecule has 0 spiro atoms. The number of hydrogen-bond acceptors (Lipinski definition) is 3. The molecule has 4 heterocycles. The molecule has 0 saturated heterocycles. The maximum absolute atomic E-state index is 6.36. The second-order valence-electron chi connectivity index (χ2n) is 11.5. The highest BCUT2D eigenvalue weighted by atomic mass is 16.3. The molecule has 0 radical (unpaired) electrons. The molecule has 0 amide bonds. The Labute approximate surface area is 257 Å². The number of benzene rings is 6. The summed E-state index contributed by atoms with van der Waals surface area (Å²) in [6.07, 6.45) is 3.31. The van der Waals surface area contributed by atoms with Gasteiger partial charge in [-0.15, -0.1) is 0 Å². The molecule has 45 heavy (non-hydrogen) atoms. The second-order valence-corrected chi connectivity index (χ2v) is 11.5. The van der Waals surface area contributed by atoms with Gasteiger partial charge in [0.15, 0.2) is 11.2 Å². The topological polar surface area (TPSA) is 48.8 Å². The Morgan fingerprint density at radius 2 is 1.09 bits per heavy atom. The summed E-state index contributed by atoms with van der Waals surface area (Å²) in [5.41, 5.74) is 11.5. The molecule has 10 aromatic rings. The summed E-state index contributed by atoms with van der Waals surface area (Å²) in [5.74, 6) is 0. The first-order valence-electron chi connectivity index (χ1n) is 15.1. The fourth-order valence-electron chi connectivity index (χ4n) is 7.12. The molecule has 0 aliphatic heterocycles. The number of furan rings is 1. The van der Waals surface area contributed by atoms with Crippen molar-refractivity contribution in [2.75, 3.05) is 0 Å². The zero-order chi connectivity index (χ0) is 29.5. The molecule has 0 unspecified atom stereocenters. The van der Waals surface area contributed by atoms with Gasteiger partial charge in [0.1, 0.15) is 11.8 Å². The van der Waals surface area contributed by atoms with Crippen molar-refractivity contribution in [3.63, 3.8) is 0 Å². The average Bonchev–Trinajstić information content (AvgIpc) is 3.76. The van der Waals surface area contributed by atoms with Gasteiger partial charge in [-0.2, -0.15) is 0 Å². The van der Waals surface area contributed by atoms with E-state index in [1.807, 2.05) is 0 Å². The van der Waals surface area contributed by atoms with Gasteiger partial charge < -0.3 is 13.6 Å². The van der Waals surface area contributed by atoms with E-state index in [0.717, 1.165) is 38.9 Å². The molecule has 5 nitrogen and oxygen atoms in total. The number of aromatic nitrogens is 4. The van der Waals surface area contributed by atoms with E-state index in [2.05, 4.69) is 153 Å². The highest BCUT2D eigenvalue weighted by molar-refractivity contribution is 6.14. The van der Waals surface area contributed by atoms with Crippen molar-refractivity contribution >= 4 is 65.7 Å². The van der Waals surface area contributed by atoms with Crippen molar-refractivity contribution in [1.82, 2.24) is 19.1 Å². The molecule has 0 aliphatic rings. The van der Waals surface area contributed by atoms with Crippen LogP contribution in [0.5, 0.6) is 0 Å². The van der Waals surface area contributed by atoms with E-state index >= 15 is 0 Å². The lowest BCUT2D eigenvalue weighted by Crippen LogP contribution is -1.94. The Kier molecular flexibility index (Phi) is 4.93. The van der Waals surface area contributed by atoms with Crippen molar-refractivity contribution in [3.8, 4) is 22.5 Å². The summed E-state index contributed by atoms with van der Waals surface area (Å²) >= 11 is 0. The summed E-state index contributed by atoms with van der Waals surface area (Å²) in [7, 11) is 0. The maximum atomic E-state index is 6.36. The summed E-state index contributed by atoms with van der Waals surface area (Å²) in [4.78, 5) is 8.68. The minimum Gasteiger partial charge on any atom is -0.451 e. The van der Waals surface area contributed by atoms with Gasteiger partial charge in [0.25, 0.3) is 0 Å². The fraction of sp³-hybridized carbons (Fsp3) is 0. The Bertz CT molecular complexity index is 2770. The molecule has 5 heteroatoms. The molecule has 4 aromatic heterocycles. The number of fused-ring (bicyclic) bond motifs is 9. The van der Waals surface area contributed by atoms with Gasteiger partial charge in [-0.05, 0) is 71.8 Å². The van der Waals surface area contributed by atoms with Crippen LogP contribution in [0.15, 0.2) is 150 Å². The number of hydrogen-bond donors (Lipinski definition) is 0. The number of para-hydroxylation sites is 4. The van der Waals surface area contributed by atoms with Crippen LogP contribution in [0.2, 0.25) is 0 Å². The van der Waals surface area contributed by atoms with Crippen molar-refractivity contribution in [3.05, 3.63) is 146 Å². The zero-order valence-electron chi connectivity index (χ0n) is 24.1. The van der Waals surface area contributed by atoms with E-state index in [-0.39, 0.29) is 0 Å². The minimum atomic E-state index is 0.687. The number of rotatable bonds is 3. The Balaban J connectivity index is 1.20. The number of nitrogens with zero attached hydrogens (tertiary/aromatic N) is 4. The van der Waals surface area contributed by atoms with Crippen molar-refractivity contribution in [2.45, 2.75) is 0 Å². The molecule has 0 N–H and O–H groups in total. The summed E-state index contributed by atoms with van der Waals surface area (Å²) in [6.45, 7) is 0. The predicted octanol–water partition coefficient (Wildman–Crippen LogP) is 10.2. The highest BCUT2D eigenvalue weighted by Crippen LogP contribution is 2.40. The molecule has 10 rings (SSSR count). The molecule has 0 bridgehead atoms. The standard InChI is InChI=1S/C40H24N4O/c1-2-9-27(10-3-1)43-33-14-6-4-11-28(33)31-21-25(17-19-35(31)43)26-18-20-36-32(22-26)29-12-5-7-15-34(29)44(36)37-16-8-13-30-39-38(45-40(30)37)23-41-24-42-39/h1-24H. The van der Waals surface area contributed by atoms with Crippen LogP contribution in [0.3, 0.4) is 0 Å². The van der Waals surface area contributed by atoms with Crippen molar-refractivity contribution in [1.29, 1.82) is 0 Å². The average molecular weight is 577 g/mol. The lowest BCUT2D eigenvalue weighted by atomic mass is 10.0. The van der Waals surface area contributed by atoms with Gasteiger partial charge >= 0.3 is 0 Å². The van der Waals surface area contributed by atoms with Gasteiger partial charge in [0.2, 0.25) is 0 Å². The molecule has 0 atom stereocenters. The van der Waals surface area contributed by atoms with E-state index in [4.69, 9.17) is 4.42 Å². The molecule has 0 fully saturated rings. The van der Waals surface area contributed by atoms with Crippen LogP contribution in [0.1, 0.15) is 0 Å². The highest BCUT2D eigenvalue weighted by Gasteiger charge is 2.19. The third kappa shape index (κ3) is 3.43. The summed E-state index contributed by atoms with van der Waals surface area (Å²) in [5, 5.41) is 5.87. The van der Waals surface area contributed by atoms with Crippen LogP contribution in [0.25, 0.3) is 88.2 Å². The van der Waals surface area contributed by atoms with Gasteiger partial charge in [-0.25, -0.2) is 9.97 Å². The van der Waals surface area contributed by atoms with Gasteiger partial charge in [0, 0.05) is 32.6 Å². The fourth-order valence-corrected chi connectivity index (χ4v) is 7.12. The third-order valence-corrected chi connectivity index (χ3v) is 9.07.